The Morgan fingerprint density at radius 1 is 1.17 bits per heavy atom. The summed E-state index contributed by atoms with van der Waals surface area (Å²) in [7, 11) is 0. The monoisotopic (exact) mass is 400 g/mol. The Hall–Kier alpha value is -3.69. The molecule has 2 amide bonds. The van der Waals surface area contributed by atoms with Gasteiger partial charge in [-0.05, 0) is 19.1 Å². The van der Waals surface area contributed by atoms with Gasteiger partial charge in [0.1, 0.15) is 12.4 Å². The fourth-order valence-corrected chi connectivity index (χ4v) is 2.77. The number of amides is 2. The van der Waals surface area contributed by atoms with Gasteiger partial charge in [0.2, 0.25) is 0 Å². The van der Waals surface area contributed by atoms with Gasteiger partial charge >= 0.3 is 18.0 Å². The maximum Gasteiger partial charge on any atom is 0.337 e. The van der Waals surface area contributed by atoms with Gasteiger partial charge in [-0.25, -0.2) is 14.6 Å². The Bertz CT molecular complexity index is 1040. The number of esters is 2. The van der Waals surface area contributed by atoms with Crippen LogP contribution in [0.3, 0.4) is 0 Å². The number of aromatic nitrogens is 2. The average Bonchev–Trinajstić information content (AvgIpc) is 2.71. The number of hydrogen-bond acceptors (Lipinski definition) is 7. The maximum absolute atomic E-state index is 12.1. The van der Waals surface area contributed by atoms with E-state index in [1.165, 1.54) is 0 Å². The third-order valence-corrected chi connectivity index (χ3v) is 4.18. The Labute approximate surface area is 165 Å². The van der Waals surface area contributed by atoms with E-state index in [0.29, 0.717) is 16.7 Å². The molecule has 1 aromatic carbocycles. The number of aryl methyl sites for hydroxylation is 1. The second-order valence-electron chi connectivity index (χ2n) is 6.18. The molecule has 3 N–H and O–H groups in total. The summed E-state index contributed by atoms with van der Waals surface area (Å²) in [5, 5.41) is 5.39. The van der Waals surface area contributed by atoms with E-state index in [1.54, 1.807) is 31.2 Å². The van der Waals surface area contributed by atoms with Crippen molar-refractivity contribution in [1.82, 2.24) is 20.6 Å². The molecule has 0 radical (unpaired) electrons. The number of urea groups is 1. The number of hydrogen-bond donors (Lipinski definition) is 3. The lowest BCUT2D eigenvalue weighted by molar-refractivity contribution is -0.143. The number of carbonyl (C=O) groups excluding carboxylic acids is 3. The summed E-state index contributed by atoms with van der Waals surface area (Å²) in [6.45, 7) is 1.56. The van der Waals surface area contributed by atoms with Crippen LogP contribution in [0.5, 0.6) is 0 Å². The first-order valence-corrected chi connectivity index (χ1v) is 9.05. The zero-order valence-electron chi connectivity index (χ0n) is 15.7. The molecule has 3 rings (SSSR count). The van der Waals surface area contributed by atoms with Crippen molar-refractivity contribution >= 4 is 28.9 Å². The first kappa shape index (κ1) is 20.1. The third kappa shape index (κ3) is 4.98. The summed E-state index contributed by atoms with van der Waals surface area (Å²) in [5.41, 5.74) is 0.638. The van der Waals surface area contributed by atoms with E-state index < -0.39 is 18.0 Å². The number of rotatable bonds is 7. The molecule has 2 heterocycles. The number of H-pyrrole nitrogens is 1. The molecule has 1 aromatic heterocycles. The van der Waals surface area contributed by atoms with Gasteiger partial charge in [0.25, 0.3) is 5.56 Å². The van der Waals surface area contributed by atoms with E-state index in [-0.39, 0.29) is 49.4 Å². The van der Waals surface area contributed by atoms with Crippen LogP contribution in [0.1, 0.15) is 19.2 Å². The van der Waals surface area contributed by atoms with Gasteiger partial charge in [0.05, 0.1) is 41.7 Å². The average molecular weight is 400 g/mol. The van der Waals surface area contributed by atoms with Crippen molar-refractivity contribution < 1.29 is 23.9 Å². The molecule has 0 spiro atoms. The fraction of sp³-hybridized carbons (Fsp3) is 0.316. The number of benzene rings is 1. The number of nitrogens with one attached hydrogen (secondary N) is 3. The predicted molar refractivity (Wildman–Crippen MR) is 102 cm³/mol. The molecule has 10 nitrogen and oxygen atoms in total. The summed E-state index contributed by atoms with van der Waals surface area (Å²) < 4.78 is 10.1. The Kier molecular flexibility index (Phi) is 6.22. The highest BCUT2D eigenvalue weighted by Crippen LogP contribution is 2.10. The molecule has 0 saturated carbocycles. The summed E-state index contributed by atoms with van der Waals surface area (Å²) in [6, 6.07) is 6.41. The maximum atomic E-state index is 12.1. The van der Waals surface area contributed by atoms with E-state index in [4.69, 9.17) is 9.47 Å². The van der Waals surface area contributed by atoms with Crippen molar-refractivity contribution in [3.05, 3.63) is 51.7 Å². The van der Waals surface area contributed by atoms with Crippen molar-refractivity contribution in [3.63, 3.8) is 0 Å². The van der Waals surface area contributed by atoms with Crippen LogP contribution in [0.25, 0.3) is 10.9 Å². The molecule has 0 atom stereocenters. The number of ether oxygens (including phenoxy) is 2. The van der Waals surface area contributed by atoms with E-state index in [1.807, 2.05) is 0 Å². The first-order valence-electron chi connectivity index (χ1n) is 9.05. The van der Waals surface area contributed by atoms with Crippen LogP contribution in [0, 0.1) is 0 Å². The van der Waals surface area contributed by atoms with E-state index in [2.05, 4.69) is 20.6 Å². The fourth-order valence-electron chi connectivity index (χ4n) is 2.77. The summed E-state index contributed by atoms with van der Waals surface area (Å²) >= 11 is 0. The minimum absolute atomic E-state index is 0.0141. The lowest BCUT2D eigenvalue weighted by atomic mass is 10.1. The standard InChI is InChI=1S/C19H20N4O6/c1-2-28-18(26)12-9-20-19(27)22-14(12)10-29-16(24)8-7-15-21-13-6-4-3-5-11(13)17(25)23-15/h3-6H,2,7-10H2,1H3,(H2,20,22,27)(H,21,23,25). The number of carbonyl (C=O) groups is 3. The zero-order chi connectivity index (χ0) is 20.8. The van der Waals surface area contributed by atoms with Gasteiger partial charge in [-0.15, -0.1) is 0 Å². The van der Waals surface area contributed by atoms with Gasteiger partial charge < -0.3 is 25.1 Å². The van der Waals surface area contributed by atoms with Crippen LogP contribution in [0.2, 0.25) is 0 Å². The van der Waals surface area contributed by atoms with Gasteiger partial charge in [0, 0.05) is 6.42 Å². The molecule has 2 aromatic rings. The van der Waals surface area contributed by atoms with E-state index in [0.717, 1.165) is 0 Å². The van der Waals surface area contributed by atoms with Gasteiger partial charge in [-0.2, -0.15) is 0 Å². The molecule has 10 heteroatoms. The molecule has 0 fully saturated rings. The molecule has 1 aliphatic rings. The topological polar surface area (TPSA) is 139 Å². The van der Waals surface area contributed by atoms with Crippen LogP contribution in [0.15, 0.2) is 40.3 Å². The van der Waals surface area contributed by atoms with E-state index >= 15 is 0 Å². The minimum atomic E-state index is -0.594. The van der Waals surface area contributed by atoms with Crippen LogP contribution >= 0.6 is 0 Å². The number of para-hydroxylation sites is 1. The highest BCUT2D eigenvalue weighted by atomic mass is 16.5. The van der Waals surface area contributed by atoms with Crippen LogP contribution in [0.4, 0.5) is 4.79 Å². The Morgan fingerprint density at radius 2 is 1.97 bits per heavy atom. The van der Waals surface area contributed by atoms with Crippen molar-refractivity contribution in [3.8, 4) is 0 Å². The van der Waals surface area contributed by atoms with Crippen molar-refractivity contribution in [1.29, 1.82) is 0 Å². The molecular formula is C19H20N4O6. The number of nitrogens with zero attached hydrogens (tertiary/aromatic N) is 1. The molecule has 0 aliphatic carbocycles. The molecular weight excluding hydrogens is 380 g/mol. The van der Waals surface area contributed by atoms with Gasteiger partial charge in [-0.1, -0.05) is 12.1 Å². The summed E-state index contributed by atoms with van der Waals surface area (Å²) in [4.78, 5) is 54.6. The Balaban J connectivity index is 1.61. The second-order valence-corrected chi connectivity index (χ2v) is 6.18. The Morgan fingerprint density at radius 3 is 2.76 bits per heavy atom. The van der Waals surface area contributed by atoms with Crippen molar-refractivity contribution in [2.75, 3.05) is 19.8 Å². The third-order valence-electron chi connectivity index (χ3n) is 4.18. The predicted octanol–water partition coefficient (Wildman–Crippen LogP) is 0.529. The normalized spacial score (nSPS) is 13.6. The quantitative estimate of drug-likeness (QED) is 0.576. The molecule has 1 aliphatic heterocycles. The van der Waals surface area contributed by atoms with Crippen molar-refractivity contribution in [2.45, 2.75) is 19.8 Å². The smallest absolute Gasteiger partial charge is 0.337 e. The van der Waals surface area contributed by atoms with Gasteiger partial charge in [-0.3, -0.25) is 9.59 Å². The number of aromatic amines is 1. The molecule has 0 bridgehead atoms. The second kappa shape index (κ2) is 9.00. The summed E-state index contributed by atoms with van der Waals surface area (Å²) in [5.74, 6) is -0.791. The molecule has 29 heavy (non-hydrogen) atoms. The first-order chi connectivity index (χ1) is 14.0. The highest BCUT2D eigenvalue weighted by Gasteiger charge is 2.24. The van der Waals surface area contributed by atoms with Crippen molar-refractivity contribution in [2.24, 2.45) is 0 Å². The SMILES string of the molecule is CCOC(=O)C1=C(COC(=O)CCc2nc3ccccc3c(=O)[nH]2)NC(=O)NC1. The minimum Gasteiger partial charge on any atom is -0.463 e. The lowest BCUT2D eigenvalue weighted by Gasteiger charge is -2.21. The van der Waals surface area contributed by atoms with E-state index in [9.17, 15) is 19.2 Å². The van der Waals surface area contributed by atoms with Crippen LogP contribution in [-0.4, -0.2) is 47.7 Å². The largest absolute Gasteiger partial charge is 0.463 e. The van der Waals surface area contributed by atoms with Crippen LogP contribution < -0.4 is 16.2 Å². The van der Waals surface area contributed by atoms with Crippen LogP contribution in [-0.2, 0) is 25.5 Å². The number of fused-ring (bicyclic) bond motifs is 1. The summed E-state index contributed by atoms with van der Waals surface area (Å²) in [6.07, 6.45) is 0.145. The molecule has 0 saturated heterocycles. The molecule has 0 unspecified atom stereocenters. The zero-order valence-corrected chi connectivity index (χ0v) is 15.7. The highest BCUT2D eigenvalue weighted by molar-refractivity contribution is 5.93. The lowest BCUT2D eigenvalue weighted by Crippen LogP contribution is -2.45. The van der Waals surface area contributed by atoms with Gasteiger partial charge in [0.15, 0.2) is 0 Å². The molecule has 152 valence electrons.